The molecular weight excluding hydrogens is 212 g/mol. The summed E-state index contributed by atoms with van der Waals surface area (Å²) in [5.41, 5.74) is 6.01. The van der Waals surface area contributed by atoms with E-state index in [4.69, 9.17) is 5.73 Å². The molecule has 0 radical (unpaired) electrons. The third-order valence-electron chi connectivity index (χ3n) is 3.08. The van der Waals surface area contributed by atoms with Gasteiger partial charge in [0.15, 0.2) is 0 Å². The minimum atomic E-state index is -0.628. The highest BCUT2D eigenvalue weighted by Crippen LogP contribution is 2.38. The van der Waals surface area contributed by atoms with Gasteiger partial charge in [-0.2, -0.15) is 0 Å². The maximum atomic E-state index is 13.0. The molecule has 1 aliphatic rings. The van der Waals surface area contributed by atoms with Crippen LogP contribution in [0, 0.1) is 17.6 Å². The minimum absolute atomic E-state index is 0.195. The van der Waals surface area contributed by atoms with Crippen LogP contribution in [0.1, 0.15) is 24.3 Å². The third kappa shape index (κ3) is 2.39. The van der Waals surface area contributed by atoms with Crippen molar-refractivity contribution in [1.82, 2.24) is 0 Å². The summed E-state index contributed by atoms with van der Waals surface area (Å²) in [6.07, 6.45) is 1.34. The zero-order valence-electron chi connectivity index (χ0n) is 8.87. The predicted octanol–water partition coefficient (Wildman–Crippen LogP) is 1.78. The van der Waals surface area contributed by atoms with Gasteiger partial charge in [-0.1, -0.05) is 0 Å². The van der Waals surface area contributed by atoms with Gasteiger partial charge in [-0.25, -0.2) is 8.78 Å². The second-order valence-electron chi connectivity index (χ2n) is 4.37. The zero-order chi connectivity index (χ0) is 11.7. The van der Waals surface area contributed by atoms with Crippen molar-refractivity contribution >= 4 is 0 Å². The topological polar surface area (TPSA) is 46.2 Å². The van der Waals surface area contributed by atoms with E-state index < -0.39 is 17.7 Å². The van der Waals surface area contributed by atoms with E-state index in [0.29, 0.717) is 5.56 Å². The van der Waals surface area contributed by atoms with Gasteiger partial charge in [0.1, 0.15) is 11.6 Å². The molecule has 1 fully saturated rings. The van der Waals surface area contributed by atoms with Gasteiger partial charge in [-0.15, -0.1) is 0 Å². The van der Waals surface area contributed by atoms with Crippen LogP contribution in [0.2, 0.25) is 0 Å². The van der Waals surface area contributed by atoms with Gasteiger partial charge < -0.3 is 10.8 Å². The third-order valence-corrected chi connectivity index (χ3v) is 3.08. The van der Waals surface area contributed by atoms with Crippen molar-refractivity contribution in [1.29, 1.82) is 0 Å². The fourth-order valence-corrected chi connectivity index (χ4v) is 2.03. The lowest BCUT2D eigenvalue weighted by atomic mass is 9.90. The smallest absolute Gasteiger partial charge is 0.126 e. The van der Waals surface area contributed by atoms with Crippen LogP contribution in [0.3, 0.4) is 0 Å². The molecule has 0 aromatic heterocycles. The molecule has 0 heterocycles. The Hall–Kier alpha value is -1.00. The normalized spacial score (nSPS) is 19.5. The summed E-state index contributed by atoms with van der Waals surface area (Å²) in [6, 6.07) is 3.30. The fourth-order valence-electron chi connectivity index (χ4n) is 2.03. The molecule has 0 spiro atoms. The summed E-state index contributed by atoms with van der Waals surface area (Å²) in [4.78, 5) is 0. The van der Waals surface area contributed by atoms with E-state index >= 15 is 0 Å². The summed E-state index contributed by atoms with van der Waals surface area (Å²) in [5, 5.41) is 9.96. The van der Waals surface area contributed by atoms with Crippen molar-refractivity contribution in [2.45, 2.75) is 24.9 Å². The molecule has 2 atom stereocenters. The molecular formula is C12H15F2NO. The van der Waals surface area contributed by atoms with Gasteiger partial charge in [-0.05, 0) is 36.5 Å². The Balaban J connectivity index is 2.24. The Labute approximate surface area is 93.1 Å². The van der Waals surface area contributed by atoms with Crippen molar-refractivity contribution in [3.8, 4) is 0 Å². The number of hydrogen-bond acceptors (Lipinski definition) is 2. The lowest BCUT2D eigenvalue weighted by Gasteiger charge is -2.21. The summed E-state index contributed by atoms with van der Waals surface area (Å²) in [6.45, 7) is 0.195. The summed E-state index contributed by atoms with van der Waals surface area (Å²) in [5.74, 6) is -1.40. The van der Waals surface area contributed by atoms with Crippen molar-refractivity contribution in [2.75, 3.05) is 6.54 Å². The second-order valence-corrected chi connectivity index (χ2v) is 4.37. The van der Waals surface area contributed by atoms with Crippen LogP contribution in [-0.2, 0) is 0 Å². The van der Waals surface area contributed by atoms with Crippen LogP contribution < -0.4 is 5.73 Å². The van der Waals surface area contributed by atoms with Gasteiger partial charge in [0.05, 0.1) is 6.10 Å². The molecule has 88 valence electrons. The Morgan fingerprint density at radius 3 is 2.25 bits per heavy atom. The highest BCUT2D eigenvalue weighted by atomic mass is 19.1. The van der Waals surface area contributed by atoms with E-state index in [1.807, 2.05) is 0 Å². The molecule has 1 saturated carbocycles. The molecule has 0 aliphatic heterocycles. The predicted molar refractivity (Wildman–Crippen MR) is 56.9 cm³/mol. The van der Waals surface area contributed by atoms with E-state index in [2.05, 4.69) is 0 Å². The molecule has 2 nitrogen and oxygen atoms in total. The summed E-state index contributed by atoms with van der Waals surface area (Å²) < 4.78 is 26.1. The number of hydrogen-bond donors (Lipinski definition) is 2. The SMILES string of the molecule is NCC(c1cc(F)cc(F)c1)C(O)C1CC1. The van der Waals surface area contributed by atoms with Crippen molar-refractivity contribution in [3.63, 3.8) is 0 Å². The van der Waals surface area contributed by atoms with Crippen molar-refractivity contribution in [2.24, 2.45) is 11.7 Å². The number of aliphatic hydroxyl groups excluding tert-OH is 1. The molecule has 1 aromatic carbocycles. The van der Waals surface area contributed by atoms with Crippen LogP contribution in [0.25, 0.3) is 0 Å². The van der Waals surface area contributed by atoms with E-state index in [0.717, 1.165) is 18.9 Å². The average molecular weight is 227 g/mol. The monoisotopic (exact) mass is 227 g/mol. The molecule has 4 heteroatoms. The summed E-state index contributed by atoms with van der Waals surface area (Å²) in [7, 11) is 0. The van der Waals surface area contributed by atoms with E-state index in [9.17, 15) is 13.9 Å². The van der Waals surface area contributed by atoms with Crippen LogP contribution in [0.5, 0.6) is 0 Å². The molecule has 2 unspecified atom stereocenters. The maximum Gasteiger partial charge on any atom is 0.126 e. The zero-order valence-corrected chi connectivity index (χ0v) is 8.87. The Bertz CT molecular complexity index is 359. The second kappa shape index (κ2) is 4.47. The Morgan fingerprint density at radius 2 is 1.81 bits per heavy atom. The fraction of sp³-hybridized carbons (Fsp3) is 0.500. The van der Waals surface area contributed by atoms with Crippen LogP contribution in [0.4, 0.5) is 8.78 Å². The standard InChI is InChI=1S/C12H15F2NO/c13-9-3-8(4-10(14)5-9)11(6-15)12(16)7-1-2-7/h3-5,7,11-12,16H,1-2,6,15H2. The number of rotatable bonds is 4. The number of benzene rings is 1. The van der Waals surface area contributed by atoms with Gasteiger partial charge in [0, 0.05) is 18.5 Å². The quantitative estimate of drug-likeness (QED) is 0.823. The Morgan fingerprint density at radius 1 is 1.25 bits per heavy atom. The molecule has 0 bridgehead atoms. The molecule has 1 aliphatic carbocycles. The first-order valence-electron chi connectivity index (χ1n) is 5.46. The Kier molecular flexibility index (Phi) is 3.21. The van der Waals surface area contributed by atoms with Gasteiger partial charge >= 0.3 is 0 Å². The molecule has 0 amide bonds. The first kappa shape index (κ1) is 11.5. The number of nitrogens with two attached hydrogens (primary N) is 1. The highest BCUT2D eigenvalue weighted by molar-refractivity contribution is 5.24. The molecule has 0 saturated heterocycles. The van der Waals surface area contributed by atoms with Crippen LogP contribution >= 0.6 is 0 Å². The van der Waals surface area contributed by atoms with E-state index in [1.165, 1.54) is 12.1 Å². The first-order chi connectivity index (χ1) is 7.61. The highest BCUT2D eigenvalue weighted by Gasteiger charge is 2.35. The molecule has 16 heavy (non-hydrogen) atoms. The van der Waals surface area contributed by atoms with Gasteiger partial charge in [0.25, 0.3) is 0 Å². The molecule has 3 N–H and O–H groups in total. The number of halogens is 2. The van der Waals surface area contributed by atoms with Crippen molar-refractivity contribution < 1.29 is 13.9 Å². The minimum Gasteiger partial charge on any atom is -0.392 e. The van der Waals surface area contributed by atoms with Crippen molar-refractivity contribution in [3.05, 3.63) is 35.4 Å². The van der Waals surface area contributed by atoms with E-state index in [1.54, 1.807) is 0 Å². The largest absolute Gasteiger partial charge is 0.392 e. The molecule has 1 aromatic rings. The maximum absolute atomic E-state index is 13.0. The lowest BCUT2D eigenvalue weighted by molar-refractivity contribution is 0.122. The van der Waals surface area contributed by atoms with Crippen LogP contribution in [0.15, 0.2) is 18.2 Å². The van der Waals surface area contributed by atoms with Gasteiger partial charge in [0.2, 0.25) is 0 Å². The number of aliphatic hydroxyl groups is 1. The molecule has 2 rings (SSSR count). The first-order valence-corrected chi connectivity index (χ1v) is 5.46. The lowest BCUT2D eigenvalue weighted by Crippen LogP contribution is -2.27. The van der Waals surface area contributed by atoms with Crippen LogP contribution in [-0.4, -0.2) is 17.8 Å². The summed E-state index contributed by atoms with van der Waals surface area (Å²) >= 11 is 0. The van der Waals surface area contributed by atoms with E-state index in [-0.39, 0.29) is 18.4 Å². The van der Waals surface area contributed by atoms with Gasteiger partial charge in [-0.3, -0.25) is 0 Å². The average Bonchev–Trinajstić information content (AvgIpc) is 2.99.